The van der Waals surface area contributed by atoms with Crippen molar-refractivity contribution in [3.05, 3.63) is 12.2 Å². The van der Waals surface area contributed by atoms with E-state index in [9.17, 15) is 5.11 Å². The molecule has 1 aliphatic heterocycles. The minimum Gasteiger partial charge on any atom is -0.374 e. The fourth-order valence-corrected chi connectivity index (χ4v) is 3.49. The van der Waals surface area contributed by atoms with Crippen molar-refractivity contribution in [1.82, 2.24) is 4.90 Å². The zero-order valence-electron chi connectivity index (χ0n) is 16.9. The Labute approximate surface area is 156 Å². The molecule has 1 N–H and O–H groups in total. The number of aliphatic hydroxyl groups excluding tert-OH is 1. The van der Waals surface area contributed by atoms with Gasteiger partial charge in [-0.1, -0.05) is 70.4 Å². The summed E-state index contributed by atoms with van der Waals surface area (Å²) in [7, 11) is 0. The number of aliphatic hydroxyl groups is 1. The number of allylic oxidation sites excluding steroid dienone is 2. The van der Waals surface area contributed by atoms with Gasteiger partial charge in [0, 0.05) is 13.0 Å². The maximum absolute atomic E-state index is 9.69. The zero-order valence-corrected chi connectivity index (χ0v) is 16.9. The predicted molar refractivity (Wildman–Crippen MR) is 110 cm³/mol. The number of nitrogens with zero attached hydrogens (tertiary/aromatic N) is 2. The van der Waals surface area contributed by atoms with E-state index in [1.807, 2.05) is 11.8 Å². The van der Waals surface area contributed by atoms with Gasteiger partial charge >= 0.3 is 0 Å². The molecule has 0 saturated carbocycles. The lowest BCUT2D eigenvalue weighted by molar-refractivity contribution is 0.0766. The Morgan fingerprint density at radius 3 is 2.08 bits per heavy atom. The Morgan fingerprint density at radius 2 is 1.48 bits per heavy atom. The Kier molecular flexibility index (Phi) is 13.7. The van der Waals surface area contributed by atoms with Gasteiger partial charge in [-0.2, -0.15) is 0 Å². The average molecular weight is 351 g/mol. The number of unbranched alkanes of at least 4 members (excludes halogenated alkanes) is 11. The van der Waals surface area contributed by atoms with Gasteiger partial charge < -0.3 is 10.0 Å². The molecule has 146 valence electrons. The van der Waals surface area contributed by atoms with Gasteiger partial charge in [0.2, 0.25) is 0 Å². The quantitative estimate of drug-likeness (QED) is 0.270. The number of amidine groups is 1. The van der Waals surface area contributed by atoms with Crippen molar-refractivity contribution in [3.8, 4) is 0 Å². The summed E-state index contributed by atoms with van der Waals surface area (Å²) < 4.78 is 0. The first-order valence-electron chi connectivity index (χ1n) is 10.9. The Balaban J connectivity index is 1.84. The fraction of sp³-hybridized carbons (Fsp3) is 0.864. The van der Waals surface area contributed by atoms with Crippen molar-refractivity contribution in [3.63, 3.8) is 0 Å². The zero-order chi connectivity index (χ0) is 18.2. The molecule has 25 heavy (non-hydrogen) atoms. The molecular weight excluding hydrogens is 308 g/mol. The van der Waals surface area contributed by atoms with E-state index in [-0.39, 0.29) is 6.23 Å². The van der Waals surface area contributed by atoms with Crippen molar-refractivity contribution >= 4 is 5.84 Å². The lowest BCUT2D eigenvalue weighted by Gasteiger charge is -2.23. The first-order valence-corrected chi connectivity index (χ1v) is 10.9. The van der Waals surface area contributed by atoms with Crippen LogP contribution in [0.2, 0.25) is 0 Å². The summed E-state index contributed by atoms with van der Waals surface area (Å²) in [6, 6.07) is 0. The van der Waals surface area contributed by atoms with E-state index in [0.717, 1.165) is 25.3 Å². The summed E-state index contributed by atoms with van der Waals surface area (Å²) in [4.78, 5) is 6.55. The second-order valence-electron chi connectivity index (χ2n) is 7.46. The highest BCUT2D eigenvalue weighted by Gasteiger charge is 2.19. The highest BCUT2D eigenvalue weighted by atomic mass is 16.3. The number of aliphatic imine (C=N–C) groups is 1. The van der Waals surface area contributed by atoms with Crippen LogP contribution >= 0.6 is 0 Å². The molecule has 0 aromatic heterocycles. The standard InChI is InChI=1S/C22H42N2O/c1-3-4-5-6-7-8-9-10-11-12-13-14-15-16-17-18-22-23-19-20-24(22)21(2)25/h10-11,21,25H,3-9,12-20H2,1-2H3/b11-10+. The maximum Gasteiger partial charge on any atom is 0.125 e. The minimum absolute atomic E-state index is 0.385. The topological polar surface area (TPSA) is 35.8 Å². The summed E-state index contributed by atoms with van der Waals surface area (Å²) >= 11 is 0. The van der Waals surface area contributed by atoms with Gasteiger partial charge in [-0.05, 0) is 39.0 Å². The molecule has 0 aromatic rings. The van der Waals surface area contributed by atoms with Gasteiger partial charge in [0.05, 0.1) is 6.54 Å². The molecule has 1 unspecified atom stereocenters. The molecule has 1 rings (SSSR count). The maximum atomic E-state index is 9.69. The van der Waals surface area contributed by atoms with Crippen LogP contribution in [0.25, 0.3) is 0 Å². The number of rotatable bonds is 16. The van der Waals surface area contributed by atoms with Crippen LogP contribution in [-0.4, -0.2) is 35.2 Å². The van der Waals surface area contributed by atoms with Crippen LogP contribution < -0.4 is 0 Å². The van der Waals surface area contributed by atoms with Gasteiger partial charge in [0.25, 0.3) is 0 Å². The lowest BCUT2D eigenvalue weighted by atomic mass is 10.1. The molecule has 1 aliphatic rings. The molecule has 0 aromatic carbocycles. The van der Waals surface area contributed by atoms with E-state index in [2.05, 4.69) is 24.1 Å². The van der Waals surface area contributed by atoms with Crippen LogP contribution in [0.4, 0.5) is 0 Å². The molecule has 0 fully saturated rings. The summed E-state index contributed by atoms with van der Waals surface area (Å²) in [5, 5.41) is 9.69. The van der Waals surface area contributed by atoms with Crippen molar-refractivity contribution in [2.24, 2.45) is 4.99 Å². The minimum atomic E-state index is -0.385. The summed E-state index contributed by atoms with van der Waals surface area (Å²) in [6.45, 7) is 5.85. The van der Waals surface area contributed by atoms with Crippen LogP contribution in [-0.2, 0) is 0 Å². The van der Waals surface area contributed by atoms with Crippen molar-refractivity contribution < 1.29 is 5.11 Å². The van der Waals surface area contributed by atoms with Gasteiger partial charge in [-0.25, -0.2) is 0 Å². The highest BCUT2D eigenvalue weighted by Crippen LogP contribution is 2.14. The Bertz CT molecular complexity index is 363. The first-order chi connectivity index (χ1) is 12.3. The van der Waals surface area contributed by atoms with E-state index >= 15 is 0 Å². The van der Waals surface area contributed by atoms with Crippen LogP contribution in [0.15, 0.2) is 17.1 Å². The van der Waals surface area contributed by atoms with Crippen LogP contribution in [0, 0.1) is 0 Å². The molecule has 1 atom stereocenters. The first kappa shape index (κ1) is 22.2. The van der Waals surface area contributed by atoms with Crippen molar-refractivity contribution in [2.45, 2.75) is 110 Å². The molecule has 3 heteroatoms. The summed E-state index contributed by atoms with van der Waals surface area (Å²) in [6.07, 6.45) is 22.8. The fourth-order valence-electron chi connectivity index (χ4n) is 3.49. The third-order valence-electron chi connectivity index (χ3n) is 5.08. The van der Waals surface area contributed by atoms with Gasteiger partial charge in [-0.3, -0.25) is 4.99 Å². The summed E-state index contributed by atoms with van der Waals surface area (Å²) in [5.41, 5.74) is 0. The molecule has 0 radical (unpaired) electrons. The van der Waals surface area contributed by atoms with E-state index in [4.69, 9.17) is 0 Å². The van der Waals surface area contributed by atoms with Crippen molar-refractivity contribution in [1.29, 1.82) is 0 Å². The van der Waals surface area contributed by atoms with Gasteiger partial charge in [0.15, 0.2) is 0 Å². The molecule has 0 aliphatic carbocycles. The third kappa shape index (κ3) is 11.4. The molecule has 1 heterocycles. The molecule has 3 nitrogen and oxygen atoms in total. The Morgan fingerprint density at radius 1 is 0.920 bits per heavy atom. The third-order valence-corrected chi connectivity index (χ3v) is 5.08. The molecule has 0 spiro atoms. The summed E-state index contributed by atoms with van der Waals surface area (Å²) in [5.74, 6) is 1.12. The van der Waals surface area contributed by atoms with Crippen LogP contribution in [0.1, 0.15) is 104 Å². The van der Waals surface area contributed by atoms with Gasteiger partial charge in [0.1, 0.15) is 12.1 Å². The smallest absolute Gasteiger partial charge is 0.125 e. The molecule has 0 saturated heterocycles. The molecule has 0 bridgehead atoms. The van der Waals surface area contributed by atoms with E-state index in [1.165, 1.54) is 83.5 Å². The average Bonchev–Trinajstić information content (AvgIpc) is 3.07. The lowest BCUT2D eigenvalue weighted by Crippen LogP contribution is -2.35. The van der Waals surface area contributed by atoms with E-state index in [1.54, 1.807) is 0 Å². The predicted octanol–water partition coefficient (Wildman–Crippen LogP) is 6.08. The van der Waals surface area contributed by atoms with Crippen LogP contribution in [0.5, 0.6) is 0 Å². The van der Waals surface area contributed by atoms with E-state index in [0.29, 0.717) is 0 Å². The van der Waals surface area contributed by atoms with Gasteiger partial charge in [-0.15, -0.1) is 0 Å². The van der Waals surface area contributed by atoms with Crippen LogP contribution in [0.3, 0.4) is 0 Å². The normalized spacial score (nSPS) is 16.0. The SMILES string of the molecule is CCCCCCCC/C=C/CCCCCCCC1=NCCN1C(C)O. The number of hydrogen-bond acceptors (Lipinski definition) is 3. The second-order valence-corrected chi connectivity index (χ2v) is 7.46. The van der Waals surface area contributed by atoms with E-state index < -0.39 is 0 Å². The monoisotopic (exact) mass is 350 g/mol. The van der Waals surface area contributed by atoms with Crippen molar-refractivity contribution in [2.75, 3.05) is 13.1 Å². The Hall–Kier alpha value is -0.830. The molecular formula is C22H42N2O. The largest absolute Gasteiger partial charge is 0.374 e. The highest BCUT2D eigenvalue weighted by molar-refractivity contribution is 5.83. The second kappa shape index (κ2) is 15.4. The molecule has 0 amide bonds. The number of hydrogen-bond donors (Lipinski definition) is 1.